The standard InChI is InChI=1S/C25H34O6/c1-14(7-9-19-22(29)11-15(2)20(13-26)24(19)30)23(31-18(5)27)12-25(6)16(3)8-10-21(28)17(25)4/h7,11,13,16-17,23,29-30H,8-10,12H2,1-6H3. The average Bonchev–Trinajstić information content (AvgIpc) is 2.68. The molecule has 1 saturated carbocycles. The highest BCUT2D eigenvalue weighted by molar-refractivity contribution is 5.83. The maximum absolute atomic E-state index is 12.4. The van der Waals surface area contributed by atoms with Gasteiger partial charge in [-0.1, -0.05) is 26.8 Å². The number of carbonyl (C=O) groups is 3. The lowest BCUT2D eigenvalue weighted by Crippen LogP contribution is -2.44. The summed E-state index contributed by atoms with van der Waals surface area (Å²) in [5, 5.41) is 20.7. The van der Waals surface area contributed by atoms with Crippen molar-refractivity contribution in [2.75, 3.05) is 0 Å². The quantitative estimate of drug-likeness (QED) is 0.370. The van der Waals surface area contributed by atoms with Gasteiger partial charge in [-0.15, -0.1) is 0 Å². The molecule has 0 bridgehead atoms. The second kappa shape index (κ2) is 9.67. The number of ketones is 1. The fraction of sp³-hybridized carbons (Fsp3) is 0.560. The predicted octanol–water partition coefficient (Wildman–Crippen LogP) is 4.67. The lowest BCUT2D eigenvalue weighted by atomic mass is 9.59. The van der Waals surface area contributed by atoms with Gasteiger partial charge in [0.1, 0.15) is 23.4 Å². The van der Waals surface area contributed by atoms with Crippen molar-refractivity contribution < 1.29 is 29.3 Å². The van der Waals surface area contributed by atoms with E-state index in [-0.39, 0.29) is 46.2 Å². The second-order valence-corrected chi connectivity index (χ2v) is 9.16. The number of rotatable bonds is 7. The third-order valence-corrected chi connectivity index (χ3v) is 7.24. The molecule has 2 N–H and O–H groups in total. The molecule has 0 saturated heterocycles. The number of benzene rings is 1. The smallest absolute Gasteiger partial charge is 0.303 e. The molecular weight excluding hydrogens is 396 g/mol. The third kappa shape index (κ3) is 5.17. The van der Waals surface area contributed by atoms with Crippen LogP contribution in [0.4, 0.5) is 0 Å². The molecule has 0 heterocycles. The summed E-state index contributed by atoms with van der Waals surface area (Å²) in [6, 6.07) is 1.45. The van der Waals surface area contributed by atoms with Crippen molar-refractivity contribution in [1.82, 2.24) is 0 Å². The average molecular weight is 431 g/mol. The predicted molar refractivity (Wildman–Crippen MR) is 118 cm³/mol. The number of hydrogen-bond acceptors (Lipinski definition) is 6. The molecule has 1 aromatic rings. The molecule has 4 atom stereocenters. The van der Waals surface area contributed by atoms with E-state index in [1.807, 2.05) is 13.8 Å². The summed E-state index contributed by atoms with van der Waals surface area (Å²) in [6.07, 6.45) is 3.90. The van der Waals surface area contributed by atoms with E-state index in [1.165, 1.54) is 13.0 Å². The Morgan fingerprint density at radius 1 is 1.32 bits per heavy atom. The first kappa shape index (κ1) is 24.6. The number of carbonyl (C=O) groups excluding carboxylic acids is 3. The van der Waals surface area contributed by atoms with Gasteiger partial charge in [-0.2, -0.15) is 0 Å². The molecule has 0 amide bonds. The molecule has 4 unspecified atom stereocenters. The second-order valence-electron chi connectivity index (χ2n) is 9.16. The molecule has 0 spiro atoms. The van der Waals surface area contributed by atoms with Gasteiger partial charge in [0.15, 0.2) is 6.29 Å². The minimum atomic E-state index is -0.529. The number of ether oxygens (including phenoxy) is 1. The van der Waals surface area contributed by atoms with E-state index in [0.717, 1.165) is 12.0 Å². The fourth-order valence-electron chi connectivity index (χ4n) is 4.56. The number of aryl methyl sites for hydroxylation is 1. The zero-order valence-corrected chi connectivity index (χ0v) is 19.3. The maximum Gasteiger partial charge on any atom is 0.303 e. The Balaban J connectivity index is 2.35. The normalized spacial score (nSPS) is 25.2. The highest BCUT2D eigenvalue weighted by Crippen LogP contribution is 2.47. The van der Waals surface area contributed by atoms with Crippen LogP contribution in [0.1, 0.15) is 75.4 Å². The number of phenolic OH excluding ortho intramolecular Hbond substituents is 2. The summed E-state index contributed by atoms with van der Waals surface area (Å²) in [5.74, 6) is -0.352. The number of allylic oxidation sites excluding steroid dienone is 1. The molecule has 0 aliphatic heterocycles. The summed E-state index contributed by atoms with van der Waals surface area (Å²) in [4.78, 5) is 35.5. The van der Waals surface area contributed by atoms with E-state index in [1.54, 1.807) is 13.0 Å². The number of Topliss-reactive ketones (excluding diaryl/α,β-unsaturated/α-hetero) is 1. The molecular formula is C25H34O6. The Kier molecular flexibility index (Phi) is 7.68. The largest absolute Gasteiger partial charge is 0.508 e. The molecule has 170 valence electrons. The molecule has 0 aromatic heterocycles. The van der Waals surface area contributed by atoms with Crippen molar-refractivity contribution in [2.45, 2.75) is 73.3 Å². The van der Waals surface area contributed by atoms with Gasteiger partial charge in [0.25, 0.3) is 0 Å². The maximum atomic E-state index is 12.4. The van der Waals surface area contributed by atoms with E-state index in [0.29, 0.717) is 30.6 Å². The molecule has 2 rings (SSSR count). The summed E-state index contributed by atoms with van der Waals surface area (Å²) in [5.41, 5.74) is 1.33. The Morgan fingerprint density at radius 2 is 1.97 bits per heavy atom. The van der Waals surface area contributed by atoms with Crippen molar-refractivity contribution in [2.24, 2.45) is 17.3 Å². The molecule has 1 aliphatic carbocycles. The third-order valence-electron chi connectivity index (χ3n) is 7.24. The van der Waals surface area contributed by atoms with E-state index in [4.69, 9.17) is 4.74 Å². The lowest BCUT2D eigenvalue weighted by molar-refractivity contribution is -0.148. The summed E-state index contributed by atoms with van der Waals surface area (Å²) >= 11 is 0. The van der Waals surface area contributed by atoms with Crippen LogP contribution in [-0.4, -0.2) is 34.4 Å². The minimum absolute atomic E-state index is 0.0965. The van der Waals surface area contributed by atoms with Crippen LogP contribution in [0.2, 0.25) is 0 Å². The highest BCUT2D eigenvalue weighted by Gasteiger charge is 2.45. The highest BCUT2D eigenvalue weighted by atomic mass is 16.5. The van der Waals surface area contributed by atoms with E-state index < -0.39 is 12.1 Å². The van der Waals surface area contributed by atoms with Crippen LogP contribution in [-0.2, 0) is 20.7 Å². The van der Waals surface area contributed by atoms with Gasteiger partial charge in [0.2, 0.25) is 0 Å². The van der Waals surface area contributed by atoms with Crippen LogP contribution in [0.15, 0.2) is 17.7 Å². The van der Waals surface area contributed by atoms with Crippen molar-refractivity contribution in [3.8, 4) is 11.5 Å². The number of phenols is 2. The molecule has 6 heteroatoms. The SMILES string of the molecule is CC(=O)OC(CC1(C)C(C)CCC(=O)C1C)C(C)=CCc1c(O)cc(C)c(C=O)c1O. The monoisotopic (exact) mass is 430 g/mol. The Morgan fingerprint density at radius 3 is 2.55 bits per heavy atom. The first-order chi connectivity index (χ1) is 14.4. The molecule has 0 radical (unpaired) electrons. The summed E-state index contributed by atoms with van der Waals surface area (Å²) in [7, 11) is 0. The Bertz CT molecular complexity index is 900. The molecule has 1 aromatic carbocycles. The number of esters is 1. The van der Waals surface area contributed by atoms with Gasteiger partial charge in [-0.3, -0.25) is 14.4 Å². The summed E-state index contributed by atoms with van der Waals surface area (Å²) < 4.78 is 5.63. The van der Waals surface area contributed by atoms with Gasteiger partial charge >= 0.3 is 5.97 Å². The summed E-state index contributed by atoms with van der Waals surface area (Å²) in [6.45, 7) is 11.0. The van der Waals surface area contributed by atoms with E-state index in [9.17, 15) is 24.6 Å². The van der Waals surface area contributed by atoms with E-state index in [2.05, 4.69) is 13.8 Å². The Hall–Kier alpha value is -2.63. The van der Waals surface area contributed by atoms with Crippen LogP contribution in [0, 0.1) is 24.2 Å². The van der Waals surface area contributed by atoms with Crippen molar-refractivity contribution >= 4 is 18.0 Å². The molecule has 1 aliphatic rings. The molecule has 1 fully saturated rings. The Labute approximate surface area is 184 Å². The van der Waals surface area contributed by atoms with Crippen molar-refractivity contribution in [3.63, 3.8) is 0 Å². The minimum Gasteiger partial charge on any atom is -0.508 e. The van der Waals surface area contributed by atoms with Crippen LogP contribution < -0.4 is 0 Å². The topological polar surface area (TPSA) is 101 Å². The fourth-order valence-corrected chi connectivity index (χ4v) is 4.56. The molecule has 31 heavy (non-hydrogen) atoms. The number of aldehydes is 1. The first-order valence-corrected chi connectivity index (χ1v) is 10.8. The lowest BCUT2D eigenvalue weighted by Gasteiger charge is -2.45. The van der Waals surface area contributed by atoms with Crippen LogP contribution in [0.5, 0.6) is 11.5 Å². The van der Waals surface area contributed by atoms with Gasteiger partial charge in [0, 0.05) is 24.8 Å². The van der Waals surface area contributed by atoms with Crippen molar-refractivity contribution in [3.05, 3.63) is 34.4 Å². The van der Waals surface area contributed by atoms with Crippen LogP contribution in [0.3, 0.4) is 0 Å². The van der Waals surface area contributed by atoms with Crippen molar-refractivity contribution in [1.29, 1.82) is 0 Å². The number of aromatic hydroxyl groups is 2. The zero-order valence-electron chi connectivity index (χ0n) is 19.3. The van der Waals surface area contributed by atoms with Gasteiger partial charge in [-0.25, -0.2) is 0 Å². The van der Waals surface area contributed by atoms with E-state index >= 15 is 0 Å². The van der Waals surface area contributed by atoms with Gasteiger partial charge in [0.05, 0.1) is 5.56 Å². The van der Waals surface area contributed by atoms with Gasteiger partial charge < -0.3 is 14.9 Å². The number of hydrogen-bond donors (Lipinski definition) is 2. The first-order valence-electron chi connectivity index (χ1n) is 10.8. The van der Waals surface area contributed by atoms with Crippen LogP contribution in [0.25, 0.3) is 0 Å². The van der Waals surface area contributed by atoms with Gasteiger partial charge in [-0.05, 0) is 61.6 Å². The zero-order chi connectivity index (χ0) is 23.5. The van der Waals surface area contributed by atoms with Crippen LogP contribution >= 0.6 is 0 Å². The molecule has 6 nitrogen and oxygen atoms in total.